The number of ether oxygens (including phenoxy) is 2. The standard InChI is InChI=1S/C18H26N4O2/c1-3-17-16(14-21(2)20-17)13-15-5-4-6-19-18(15)24-12-9-22-7-10-23-11-8-22/h4-6,14H,3,7-13H2,1-2H3. The van der Waals surface area contributed by atoms with Crippen LogP contribution < -0.4 is 4.74 Å². The zero-order chi connectivity index (χ0) is 16.8. The number of pyridine rings is 1. The molecule has 0 aromatic carbocycles. The first kappa shape index (κ1) is 16.9. The van der Waals surface area contributed by atoms with Crippen molar-refractivity contribution >= 4 is 0 Å². The number of aromatic nitrogens is 3. The lowest BCUT2D eigenvalue weighted by atomic mass is 10.1. The fourth-order valence-electron chi connectivity index (χ4n) is 3.02. The molecule has 1 aliphatic rings. The second kappa shape index (κ2) is 8.26. The molecule has 0 unspecified atom stereocenters. The molecule has 0 atom stereocenters. The van der Waals surface area contributed by atoms with Gasteiger partial charge in [-0.2, -0.15) is 5.10 Å². The van der Waals surface area contributed by atoms with Gasteiger partial charge in [0.05, 0.1) is 18.9 Å². The Kier molecular flexibility index (Phi) is 5.82. The zero-order valence-corrected chi connectivity index (χ0v) is 14.6. The van der Waals surface area contributed by atoms with E-state index < -0.39 is 0 Å². The van der Waals surface area contributed by atoms with E-state index in [-0.39, 0.29) is 0 Å². The summed E-state index contributed by atoms with van der Waals surface area (Å²) in [6.07, 6.45) is 5.61. The fourth-order valence-corrected chi connectivity index (χ4v) is 3.02. The van der Waals surface area contributed by atoms with Gasteiger partial charge in [0.2, 0.25) is 5.88 Å². The predicted molar refractivity (Wildman–Crippen MR) is 92.4 cm³/mol. The van der Waals surface area contributed by atoms with Gasteiger partial charge in [-0.1, -0.05) is 13.0 Å². The van der Waals surface area contributed by atoms with Crippen molar-refractivity contribution in [3.63, 3.8) is 0 Å². The Morgan fingerprint density at radius 1 is 1.25 bits per heavy atom. The summed E-state index contributed by atoms with van der Waals surface area (Å²) < 4.78 is 13.2. The topological polar surface area (TPSA) is 52.4 Å². The highest BCUT2D eigenvalue weighted by atomic mass is 16.5. The normalized spacial score (nSPS) is 15.6. The lowest BCUT2D eigenvalue weighted by molar-refractivity contribution is 0.0319. The molecule has 0 aliphatic carbocycles. The predicted octanol–water partition coefficient (Wildman–Crippen LogP) is 1.68. The summed E-state index contributed by atoms with van der Waals surface area (Å²) in [4.78, 5) is 6.79. The van der Waals surface area contributed by atoms with Crippen LogP contribution >= 0.6 is 0 Å². The van der Waals surface area contributed by atoms with E-state index >= 15 is 0 Å². The molecule has 1 saturated heterocycles. The van der Waals surface area contributed by atoms with E-state index in [1.807, 2.05) is 17.8 Å². The van der Waals surface area contributed by atoms with E-state index in [0.717, 1.165) is 62.8 Å². The Morgan fingerprint density at radius 2 is 2.08 bits per heavy atom. The molecule has 1 fully saturated rings. The van der Waals surface area contributed by atoms with Crippen LogP contribution in [0.1, 0.15) is 23.7 Å². The van der Waals surface area contributed by atoms with Crippen LogP contribution in [0, 0.1) is 0 Å². The molecule has 1 aliphatic heterocycles. The van der Waals surface area contributed by atoms with Crippen molar-refractivity contribution in [2.24, 2.45) is 7.05 Å². The van der Waals surface area contributed by atoms with Gasteiger partial charge in [0, 0.05) is 51.1 Å². The van der Waals surface area contributed by atoms with E-state index in [1.54, 1.807) is 6.20 Å². The molecule has 0 radical (unpaired) electrons. The van der Waals surface area contributed by atoms with Gasteiger partial charge in [0.25, 0.3) is 0 Å². The number of morpholine rings is 1. The average molecular weight is 330 g/mol. The van der Waals surface area contributed by atoms with Gasteiger partial charge in [-0.05, 0) is 18.1 Å². The van der Waals surface area contributed by atoms with E-state index in [2.05, 4.69) is 34.2 Å². The summed E-state index contributed by atoms with van der Waals surface area (Å²) in [5, 5.41) is 4.52. The molecular weight excluding hydrogens is 304 g/mol. The van der Waals surface area contributed by atoms with Crippen LogP contribution in [0.5, 0.6) is 5.88 Å². The van der Waals surface area contributed by atoms with Crippen LogP contribution in [0.15, 0.2) is 24.5 Å². The number of hydrogen-bond donors (Lipinski definition) is 0. The molecule has 0 spiro atoms. The Balaban J connectivity index is 1.62. The Morgan fingerprint density at radius 3 is 2.88 bits per heavy atom. The SMILES string of the molecule is CCc1nn(C)cc1Cc1cccnc1OCCN1CCOCC1. The van der Waals surface area contributed by atoms with Gasteiger partial charge >= 0.3 is 0 Å². The molecule has 3 rings (SSSR count). The van der Waals surface area contributed by atoms with Gasteiger partial charge in [-0.3, -0.25) is 9.58 Å². The van der Waals surface area contributed by atoms with Crippen LogP contribution in [0.25, 0.3) is 0 Å². The first-order valence-electron chi connectivity index (χ1n) is 8.64. The minimum atomic E-state index is 0.650. The van der Waals surface area contributed by atoms with Crippen LogP contribution in [-0.4, -0.2) is 59.1 Å². The quantitative estimate of drug-likeness (QED) is 0.773. The van der Waals surface area contributed by atoms with E-state index in [4.69, 9.17) is 9.47 Å². The van der Waals surface area contributed by atoms with Crippen molar-refractivity contribution in [2.45, 2.75) is 19.8 Å². The molecule has 6 nitrogen and oxygen atoms in total. The van der Waals surface area contributed by atoms with Crippen molar-refractivity contribution in [1.82, 2.24) is 19.7 Å². The number of hydrogen-bond acceptors (Lipinski definition) is 5. The van der Waals surface area contributed by atoms with E-state index in [1.165, 1.54) is 5.56 Å². The number of aryl methyl sites for hydroxylation is 2. The maximum atomic E-state index is 5.97. The smallest absolute Gasteiger partial charge is 0.216 e. The third-order valence-corrected chi connectivity index (χ3v) is 4.31. The van der Waals surface area contributed by atoms with Crippen LogP contribution in [0.4, 0.5) is 0 Å². The zero-order valence-electron chi connectivity index (χ0n) is 14.6. The van der Waals surface area contributed by atoms with Gasteiger partial charge in [-0.25, -0.2) is 4.98 Å². The summed E-state index contributed by atoms with van der Waals surface area (Å²) in [5.74, 6) is 0.733. The van der Waals surface area contributed by atoms with Crippen molar-refractivity contribution in [3.05, 3.63) is 41.3 Å². The lowest BCUT2D eigenvalue weighted by Gasteiger charge is -2.26. The molecule has 3 heterocycles. The second-order valence-electron chi connectivity index (χ2n) is 6.08. The van der Waals surface area contributed by atoms with E-state index in [9.17, 15) is 0 Å². The molecule has 130 valence electrons. The minimum Gasteiger partial charge on any atom is -0.476 e. The summed E-state index contributed by atoms with van der Waals surface area (Å²) in [6.45, 7) is 7.28. The third-order valence-electron chi connectivity index (χ3n) is 4.31. The summed E-state index contributed by atoms with van der Waals surface area (Å²) in [5.41, 5.74) is 3.49. The Bertz CT molecular complexity index is 650. The average Bonchev–Trinajstić information content (AvgIpc) is 2.97. The monoisotopic (exact) mass is 330 g/mol. The van der Waals surface area contributed by atoms with Crippen molar-refractivity contribution in [2.75, 3.05) is 39.5 Å². The summed E-state index contributed by atoms with van der Waals surface area (Å²) in [6, 6.07) is 4.05. The minimum absolute atomic E-state index is 0.650. The largest absolute Gasteiger partial charge is 0.476 e. The van der Waals surface area contributed by atoms with Crippen LogP contribution in [0.3, 0.4) is 0 Å². The molecule has 0 saturated carbocycles. The summed E-state index contributed by atoms with van der Waals surface area (Å²) in [7, 11) is 1.96. The molecule has 2 aromatic heterocycles. The second-order valence-corrected chi connectivity index (χ2v) is 6.08. The first-order chi connectivity index (χ1) is 11.8. The van der Waals surface area contributed by atoms with Gasteiger partial charge < -0.3 is 9.47 Å². The summed E-state index contributed by atoms with van der Waals surface area (Å²) >= 11 is 0. The van der Waals surface area contributed by atoms with Crippen LogP contribution in [0.2, 0.25) is 0 Å². The molecule has 2 aromatic rings. The maximum Gasteiger partial charge on any atom is 0.216 e. The van der Waals surface area contributed by atoms with Gasteiger partial charge in [-0.15, -0.1) is 0 Å². The number of rotatable bonds is 7. The number of nitrogens with zero attached hydrogens (tertiary/aromatic N) is 4. The Labute approximate surface area is 143 Å². The molecular formula is C18H26N4O2. The van der Waals surface area contributed by atoms with E-state index in [0.29, 0.717) is 6.61 Å². The van der Waals surface area contributed by atoms with Crippen molar-refractivity contribution in [3.8, 4) is 5.88 Å². The van der Waals surface area contributed by atoms with Gasteiger partial charge in [0.1, 0.15) is 6.61 Å². The van der Waals surface area contributed by atoms with Crippen molar-refractivity contribution in [1.29, 1.82) is 0 Å². The highest BCUT2D eigenvalue weighted by Crippen LogP contribution is 2.20. The molecule has 24 heavy (non-hydrogen) atoms. The first-order valence-corrected chi connectivity index (χ1v) is 8.64. The fraction of sp³-hybridized carbons (Fsp3) is 0.556. The third kappa shape index (κ3) is 4.33. The molecule has 0 N–H and O–H groups in total. The Hall–Kier alpha value is -1.92. The molecule has 0 amide bonds. The van der Waals surface area contributed by atoms with Crippen LogP contribution in [-0.2, 0) is 24.6 Å². The van der Waals surface area contributed by atoms with Crippen molar-refractivity contribution < 1.29 is 9.47 Å². The lowest BCUT2D eigenvalue weighted by Crippen LogP contribution is -2.38. The maximum absolute atomic E-state index is 5.97. The molecule has 6 heteroatoms. The van der Waals surface area contributed by atoms with Gasteiger partial charge in [0.15, 0.2) is 0 Å². The highest BCUT2D eigenvalue weighted by molar-refractivity contribution is 5.33. The molecule has 0 bridgehead atoms. The highest BCUT2D eigenvalue weighted by Gasteiger charge is 2.13.